The van der Waals surface area contributed by atoms with Crippen LogP contribution in [-0.4, -0.2) is 13.7 Å². The van der Waals surface area contributed by atoms with Gasteiger partial charge in [0.05, 0.1) is 7.11 Å². The van der Waals surface area contributed by atoms with E-state index in [9.17, 15) is 0 Å². The van der Waals surface area contributed by atoms with E-state index in [2.05, 4.69) is 0 Å². The fourth-order valence-corrected chi connectivity index (χ4v) is 2.44. The van der Waals surface area contributed by atoms with Crippen molar-refractivity contribution < 1.29 is 4.74 Å². The lowest BCUT2D eigenvalue weighted by molar-refractivity contribution is 0.256. The molecule has 0 amide bonds. The first-order valence-electron chi connectivity index (χ1n) is 5.29. The van der Waals surface area contributed by atoms with Crippen LogP contribution in [0.3, 0.4) is 0 Å². The molecular formula is C12H16ClNO. The fourth-order valence-electron chi connectivity index (χ4n) is 2.26. The van der Waals surface area contributed by atoms with Crippen LogP contribution < -0.4 is 10.5 Å². The average Bonchev–Trinajstić information content (AvgIpc) is 2.17. The van der Waals surface area contributed by atoms with Crippen LogP contribution in [-0.2, 0) is 0 Å². The molecule has 0 aromatic heterocycles. The highest BCUT2D eigenvalue weighted by Gasteiger charge is 2.32. The third-order valence-corrected chi connectivity index (χ3v) is 3.55. The van der Waals surface area contributed by atoms with E-state index < -0.39 is 0 Å². The molecular weight excluding hydrogens is 210 g/mol. The van der Waals surface area contributed by atoms with E-state index in [1.807, 2.05) is 18.2 Å². The lowest BCUT2D eigenvalue weighted by Crippen LogP contribution is -2.30. The molecule has 0 radical (unpaired) electrons. The predicted molar refractivity (Wildman–Crippen MR) is 62.5 cm³/mol. The van der Waals surface area contributed by atoms with Gasteiger partial charge in [-0.15, -0.1) is 0 Å². The molecule has 1 fully saturated rings. The van der Waals surface area contributed by atoms with E-state index in [-0.39, 0.29) is 0 Å². The second kappa shape index (κ2) is 4.42. The predicted octanol–water partition coefficient (Wildman–Crippen LogP) is 2.80. The molecule has 0 aliphatic heterocycles. The lowest BCUT2D eigenvalue weighted by atomic mass is 9.70. The van der Waals surface area contributed by atoms with Gasteiger partial charge in [0.15, 0.2) is 0 Å². The quantitative estimate of drug-likeness (QED) is 0.859. The third-order valence-electron chi connectivity index (χ3n) is 3.31. The molecule has 0 spiro atoms. The Balaban J connectivity index is 2.29. The summed E-state index contributed by atoms with van der Waals surface area (Å²) in [6, 6.07) is 5.80. The smallest absolute Gasteiger partial charge is 0.122 e. The normalized spacial score (nSPS) is 24.7. The van der Waals surface area contributed by atoms with E-state index in [4.69, 9.17) is 22.1 Å². The van der Waals surface area contributed by atoms with Crippen molar-refractivity contribution in [3.05, 3.63) is 28.8 Å². The van der Waals surface area contributed by atoms with Gasteiger partial charge in [0.2, 0.25) is 0 Å². The Kier molecular flexibility index (Phi) is 3.17. The van der Waals surface area contributed by atoms with E-state index in [0.29, 0.717) is 11.8 Å². The molecule has 2 unspecified atom stereocenters. The highest BCUT2D eigenvalue weighted by Crippen LogP contribution is 2.45. The minimum Gasteiger partial charge on any atom is -0.496 e. The van der Waals surface area contributed by atoms with Crippen molar-refractivity contribution in [3.8, 4) is 5.75 Å². The Morgan fingerprint density at radius 3 is 2.80 bits per heavy atom. The Bertz CT molecular complexity index is 351. The van der Waals surface area contributed by atoms with Gasteiger partial charge in [-0.3, -0.25) is 0 Å². The summed E-state index contributed by atoms with van der Waals surface area (Å²) in [5.41, 5.74) is 6.93. The highest BCUT2D eigenvalue weighted by atomic mass is 35.5. The molecule has 2 nitrogen and oxygen atoms in total. The van der Waals surface area contributed by atoms with Gasteiger partial charge in [0.1, 0.15) is 5.75 Å². The largest absolute Gasteiger partial charge is 0.496 e. The maximum atomic E-state index is 6.00. The molecule has 2 atom stereocenters. The van der Waals surface area contributed by atoms with E-state index in [1.165, 1.54) is 18.4 Å². The number of hydrogen-bond donors (Lipinski definition) is 1. The summed E-state index contributed by atoms with van der Waals surface area (Å²) >= 11 is 6.00. The average molecular weight is 226 g/mol. The minimum absolute atomic E-state index is 0.531. The number of nitrogens with two attached hydrogens (primary N) is 1. The van der Waals surface area contributed by atoms with Crippen molar-refractivity contribution in [3.63, 3.8) is 0 Å². The van der Waals surface area contributed by atoms with Crippen molar-refractivity contribution in [2.75, 3.05) is 13.7 Å². The molecule has 1 aliphatic rings. The van der Waals surface area contributed by atoms with Gasteiger partial charge in [0.25, 0.3) is 0 Å². The number of ether oxygens (including phenoxy) is 1. The number of rotatable bonds is 3. The molecule has 3 heteroatoms. The number of methoxy groups -OCH3 is 1. The first-order chi connectivity index (χ1) is 7.26. The van der Waals surface area contributed by atoms with Crippen LogP contribution in [0.15, 0.2) is 18.2 Å². The molecule has 82 valence electrons. The van der Waals surface area contributed by atoms with Crippen LogP contribution in [0.5, 0.6) is 5.75 Å². The molecule has 0 bridgehead atoms. The summed E-state index contributed by atoms with van der Waals surface area (Å²) in [6.07, 6.45) is 2.41. The monoisotopic (exact) mass is 225 g/mol. The summed E-state index contributed by atoms with van der Waals surface area (Å²) in [4.78, 5) is 0. The van der Waals surface area contributed by atoms with Crippen LogP contribution in [0.4, 0.5) is 0 Å². The Hall–Kier alpha value is -0.730. The van der Waals surface area contributed by atoms with Gasteiger partial charge in [-0.2, -0.15) is 0 Å². The molecule has 1 aliphatic carbocycles. The summed E-state index contributed by atoms with van der Waals surface area (Å²) in [7, 11) is 1.70. The van der Waals surface area contributed by atoms with E-state index >= 15 is 0 Å². The van der Waals surface area contributed by atoms with Crippen LogP contribution in [0, 0.1) is 5.92 Å². The first kappa shape index (κ1) is 10.8. The van der Waals surface area contributed by atoms with E-state index in [1.54, 1.807) is 7.11 Å². The molecule has 0 heterocycles. The van der Waals surface area contributed by atoms with E-state index in [0.717, 1.165) is 17.3 Å². The van der Waals surface area contributed by atoms with Crippen molar-refractivity contribution in [2.45, 2.75) is 18.8 Å². The molecule has 2 rings (SSSR count). The maximum absolute atomic E-state index is 6.00. The molecule has 1 aromatic rings. The third kappa shape index (κ3) is 1.97. The number of hydrogen-bond acceptors (Lipinski definition) is 2. The van der Waals surface area contributed by atoms with Gasteiger partial charge < -0.3 is 10.5 Å². The standard InChI is InChI=1S/C12H16ClNO/c1-15-12-5-3-9(13)6-11(12)10-4-2-8(10)7-14/h3,5-6,8,10H,2,4,7,14H2,1H3. The zero-order valence-corrected chi connectivity index (χ0v) is 9.63. The van der Waals surface area contributed by atoms with Gasteiger partial charge in [-0.1, -0.05) is 11.6 Å². The van der Waals surface area contributed by atoms with Crippen LogP contribution in [0.2, 0.25) is 5.02 Å². The van der Waals surface area contributed by atoms with Gasteiger partial charge in [0, 0.05) is 5.02 Å². The molecule has 2 N–H and O–H groups in total. The number of benzene rings is 1. The van der Waals surface area contributed by atoms with Crippen molar-refractivity contribution >= 4 is 11.6 Å². The molecule has 1 aromatic carbocycles. The lowest BCUT2D eigenvalue weighted by Gasteiger charge is -2.36. The van der Waals surface area contributed by atoms with Crippen molar-refractivity contribution in [1.82, 2.24) is 0 Å². The molecule has 15 heavy (non-hydrogen) atoms. The SMILES string of the molecule is COc1ccc(Cl)cc1C1CCC1CN. The van der Waals surface area contributed by atoms with Gasteiger partial charge in [-0.25, -0.2) is 0 Å². The van der Waals surface area contributed by atoms with Gasteiger partial charge in [-0.05, 0) is 55.0 Å². The Morgan fingerprint density at radius 1 is 1.47 bits per heavy atom. The topological polar surface area (TPSA) is 35.2 Å². The Labute approximate surface area is 95.4 Å². The summed E-state index contributed by atoms with van der Waals surface area (Å²) in [5, 5.41) is 0.772. The van der Waals surface area contributed by atoms with Gasteiger partial charge >= 0.3 is 0 Å². The van der Waals surface area contributed by atoms with Crippen LogP contribution in [0.25, 0.3) is 0 Å². The second-order valence-corrected chi connectivity index (χ2v) is 4.50. The zero-order chi connectivity index (χ0) is 10.8. The second-order valence-electron chi connectivity index (χ2n) is 4.07. The summed E-state index contributed by atoms with van der Waals surface area (Å²) in [5.74, 6) is 2.06. The molecule has 1 saturated carbocycles. The zero-order valence-electron chi connectivity index (χ0n) is 8.87. The highest BCUT2D eigenvalue weighted by molar-refractivity contribution is 6.30. The fraction of sp³-hybridized carbons (Fsp3) is 0.500. The van der Waals surface area contributed by atoms with Crippen molar-refractivity contribution in [1.29, 1.82) is 0 Å². The molecule has 0 saturated heterocycles. The first-order valence-corrected chi connectivity index (χ1v) is 5.67. The minimum atomic E-state index is 0.531. The number of halogens is 1. The maximum Gasteiger partial charge on any atom is 0.122 e. The van der Waals surface area contributed by atoms with Crippen LogP contribution in [0.1, 0.15) is 24.3 Å². The summed E-state index contributed by atoms with van der Waals surface area (Å²) < 4.78 is 5.35. The van der Waals surface area contributed by atoms with Crippen molar-refractivity contribution in [2.24, 2.45) is 11.7 Å². The summed E-state index contributed by atoms with van der Waals surface area (Å²) in [6.45, 7) is 0.750. The Morgan fingerprint density at radius 2 is 2.27 bits per heavy atom. The van der Waals surface area contributed by atoms with Crippen LogP contribution >= 0.6 is 11.6 Å².